The minimum Gasteiger partial charge on any atom is -0.493 e. The van der Waals surface area contributed by atoms with Crippen molar-refractivity contribution >= 4 is 23.3 Å². The molecule has 1 fully saturated rings. The van der Waals surface area contributed by atoms with E-state index < -0.39 is 11.7 Å². The molecule has 1 saturated heterocycles. The quantitative estimate of drug-likeness (QED) is 0.385. The predicted molar refractivity (Wildman–Crippen MR) is 140 cm³/mol. The van der Waals surface area contributed by atoms with Gasteiger partial charge in [-0.3, -0.25) is 4.57 Å². The van der Waals surface area contributed by atoms with Crippen LogP contribution in [0, 0.1) is 18.3 Å². The molecule has 2 bridgehead atoms. The highest BCUT2D eigenvalue weighted by molar-refractivity contribution is 6.32. The molecule has 184 valence electrons. The maximum Gasteiger partial charge on any atom is 0.336 e. The van der Waals surface area contributed by atoms with Crippen LogP contribution >= 0.6 is 11.6 Å². The molecule has 0 saturated carbocycles. The summed E-state index contributed by atoms with van der Waals surface area (Å²) in [6.07, 6.45) is 0.555. The van der Waals surface area contributed by atoms with Gasteiger partial charge in [0.1, 0.15) is 11.8 Å². The second-order valence-corrected chi connectivity index (χ2v) is 9.66. The standard InChI is InChI=1S/C28H22ClN5O3/c1-16-22(12-11-18(14-30)24(16)29)34-26(35)25-23-13-19(33(25)28(34)37)15-32(23)27(36)31-21-10-6-5-9-20(21)17-7-3-2-4-8-17/h2-12,19,23,35H,13,15H2,1H3,(H,31,36)/t19-,23-/m0/s1. The number of nitriles is 1. The fraction of sp³-hybridized carbons (Fsp3) is 0.179. The first-order chi connectivity index (χ1) is 17.9. The van der Waals surface area contributed by atoms with Gasteiger partial charge in [0.25, 0.3) is 0 Å². The van der Waals surface area contributed by atoms with Crippen LogP contribution in [0.4, 0.5) is 10.5 Å². The Labute approximate surface area is 217 Å². The van der Waals surface area contributed by atoms with Crippen LogP contribution in [-0.2, 0) is 0 Å². The number of aromatic nitrogens is 2. The normalized spacial score (nSPS) is 17.5. The number of rotatable bonds is 3. The fourth-order valence-corrected chi connectivity index (χ4v) is 5.74. The number of imidazole rings is 1. The molecule has 2 aliphatic rings. The van der Waals surface area contributed by atoms with Crippen molar-refractivity contribution in [1.82, 2.24) is 14.0 Å². The third-order valence-corrected chi connectivity index (χ3v) is 7.78. The molecule has 2 atom stereocenters. The Balaban J connectivity index is 1.34. The summed E-state index contributed by atoms with van der Waals surface area (Å²) in [6.45, 7) is 2.05. The number of carbonyl (C=O) groups excluding carboxylic acids is 1. The average molecular weight is 512 g/mol. The number of amides is 2. The molecule has 0 unspecified atom stereocenters. The SMILES string of the molecule is Cc1c(-n2c(O)c3n(c2=O)[C@H]2C[C@@H]3N(C(=O)Nc3ccccc3-c3ccccc3)C2)ccc(C#N)c1Cl. The van der Waals surface area contributed by atoms with Crippen molar-refractivity contribution in [3.63, 3.8) is 0 Å². The van der Waals surface area contributed by atoms with Gasteiger partial charge in [-0.05, 0) is 42.7 Å². The third-order valence-electron chi connectivity index (χ3n) is 7.29. The lowest BCUT2D eigenvalue weighted by atomic mass is 10.0. The van der Waals surface area contributed by atoms with Gasteiger partial charge in [-0.25, -0.2) is 14.2 Å². The number of halogens is 1. The number of hydrogen-bond donors (Lipinski definition) is 2. The minimum absolute atomic E-state index is 0.219. The van der Waals surface area contributed by atoms with Crippen molar-refractivity contribution in [1.29, 1.82) is 5.26 Å². The van der Waals surface area contributed by atoms with Crippen molar-refractivity contribution in [2.24, 2.45) is 0 Å². The van der Waals surface area contributed by atoms with Gasteiger partial charge in [0.05, 0.1) is 34.0 Å². The van der Waals surface area contributed by atoms with Gasteiger partial charge in [0.2, 0.25) is 5.88 Å². The van der Waals surface area contributed by atoms with Crippen molar-refractivity contribution in [3.05, 3.63) is 99.1 Å². The Morgan fingerprint density at radius 3 is 2.59 bits per heavy atom. The van der Waals surface area contributed by atoms with Gasteiger partial charge in [0.15, 0.2) is 0 Å². The number of nitrogens with one attached hydrogen (secondary N) is 1. The highest BCUT2D eigenvalue weighted by Gasteiger charge is 2.49. The topological polar surface area (TPSA) is 103 Å². The van der Waals surface area contributed by atoms with Gasteiger partial charge in [-0.1, -0.05) is 60.1 Å². The summed E-state index contributed by atoms with van der Waals surface area (Å²) in [5.41, 5.74) is 3.80. The van der Waals surface area contributed by atoms with Crippen LogP contribution in [0.3, 0.4) is 0 Å². The summed E-state index contributed by atoms with van der Waals surface area (Å²) in [5, 5.41) is 23.7. The number of carbonyl (C=O) groups is 1. The molecule has 3 heterocycles. The zero-order valence-corrected chi connectivity index (χ0v) is 20.6. The van der Waals surface area contributed by atoms with E-state index in [2.05, 4.69) is 5.32 Å². The Morgan fingerprint density at radius 2 is 1.84 bits per heavy atom. The van der Waals surface area contributed by atoms with Crippen molar-refractivity contribution < 1.29 is 9.90 Å². The molecule has 0 radical (unpaired) electrons. The Kier molecular flexibility index (Phi) is 5.32. The summed E-state index contributed by atoms with van der Waals surface area (Å²) in [6, 6.07) is 21.6. The average Bonchev–Trinajstić information content (AvgIpc) is 3.58. The third kappa shape index (κ3) is 3.43. The molecule has 2 N–H and O–H groups in total. The van der Waals surface area contributed by atoms with Crippen LogP contribution in [0.1, 0.15) is 35.3 Å². The zero-order valence-electron chi connectivity index (χ0n) is 19.9. The number of fused-ring (bicyclic) bond motifs is 5. The molecule has 0 spiro atoms. The van der Waals surface area contributed by atoms with Crippen molar-refractivity contribution in [2.75, 3.05) is 11.9 Å². The van der Waals surface area contributed by atoms with Gasteiger partial charge < -0.3 is 15.3 Å². The van der Waals surface area contributed by atoms with Gasteiger partial charge in [-0.15, -0.1) is 0 Å². The summed E-state index contributed by atoms with van der Waals surface area (Å²) in [4.78, 5) is 28.5. The molecule has 3 aromatic carbocycles. The fourth-order valence-electron chi connectivity index (χ4n) is 5.54. The molecule has 37 heavy (non-hydrogen) atoms. The number of likely N-dealkylation sites (tertiary alicyclic amines) is 1. The molecular weight excluding hydrogens is 490 g/mol. The van der Waals surface area contributed by atoms with E-state index in [-0.39, 0.29) is 23.0 Å². The molecule has 9 heteroatoms. The molecule has 0 aliphatic carbocycles. The lowest BCUT2D eigenvalue weighted by Gasteiger charge is -2.28. The van der Waals surface area contributed by atoms with Crippen molar-refractivity contribution in [3.8, 4) is 28.8 Å². The minimum atomic E-state index is -0.447. The Hall–Kier alpha value is -4.48. The van der Waals surface area contributed by atoms with Crippen LogP contribution in [0.15, 0.2) is 71.5 Å². The molecular formula is C28H22ClN5O3. The van der Waals surface area contributed by atoms with E-state index in [0.29, 0.717) is 41.2 Å². The van der Waals surface area contributed by atoms with E-state index in [1.165, 1.54) is 10.6 Å². The molecule has 4 aromatic rings. The summed E-state index contributed by atoms with van der Waals surface area (Å²) in [5.74, 6) is -0.219. The van der Waals surface area contributed by atoms with E-state index in [1.807, 2.05) is 60.7 Å². The van der Waals surface area contributed by atoms with Gasteiger partial charge in [0, 0.05) is 12.1 Å². The van der Waals surface area contributed by atoms with Crippen LogP contribution in [0.25, 0.3) is 16.8 Å². The molecule has 1 aromatic heterocycles. The number of hydrogen-bond acceptors (Lipinski definition) is 4. The Morgan fingerprint density at radius 1 is 1.11 bits per heavy atom. The van der Waals surface area contributed by atoms with Crippen LogP contribution < -0.4 is 11.0 Å². The van der Waals surface area contributed by atoms with E-state index in [1.54, 1.807) is 22.5 Å². The number of nitrogens with zero attached hydrogens (tertiary/aromatic N) is 4. The smallest absolute Gasteiger partial charge is 0.336 e. The van der Waals surface area contributed by atoms with Gasteiger partial charge >= 0.3 is 11.7 Å². The number of benzene rings is 3. The van der Waals surface area contributed by atoms with Gasteiger partial charge in [-0.2, -0.15) is 5.26 Å². The van der Waals surface area contributed by atoms with Crippen LogP contribution in [0.2, 0.25) is 5.02 Å². The van der Waals surface area contributed by atoms with Crippen LogP contribution in [-0.4, -0.2) is 31.7 Å². The number of urea groups is 1. The first kappa shape index (κ1) is 23.0. The highest BCUT2D eigenvalue weighted by atomic mass is 35.5. The molecule has 6 rings (SSSR count). The van der Waals surface area contributed by atoms with E-state index in [4.69, 9.17) is 11.6 Å². The summed E-state index contributed by atoms with van der Waals surface area (Å²) < 4.78 is 2.79. The maximum atomic E-state index is 13.4. The van der Waals surface area contributed by atoms with Crippen molar-refractivity contribution in [2.45, 2.75) is 25.4 Å². The largest absolute Gasteiger partial charge is 0.493 e. The lowest BCUT2D eigenvalue weighted by molar-refractivity contribution is 0.198. The second-order valence-electron chi connectivity index (χ2n) is 9.28. The van der Waals surface area contributed by atoms with E-state index >= 15 is 0 Å². The number of anilines is 1. The number of para-hydroxylation sites is 1. The summed E-state index contributed by atoms with van der Waals surface area (Å²) >= 11 is 6.33. The molecule has 2 amide bonds. The Bertz CT molecular complexity index is 1670. The van der Waals surface area contributed by atoms with E-state index in [0.717, 1.165) is 11.1 Å². The zero-order chi connectivity index (χ0) is 25.8. The molecule has 2 aliphatic heterocycles. The second kappa shape index (κ2) is 8.57. The summed E-state index contributed by atoms with van der Waals surface area (Å²) in [7, 11) is 0. The van der Waals surface area contributed by atoms with Crippen LogP contribution in [0.5, 0.6) is 5.88 Å². The maximum absolute atomic E-state index is 13.4. The first-order valence-corrected chi connectivity index (χ1v) is 12.3. The van der Waals surface area contributed by atoms with E-state index in [9.17, 15) is 20.0 Å². The predicted octanol–water partition coefficient (Wildman–Crippen LogP) is 5.38. The highest BCUT2D eigenvalue weighted by Crippen LogP contribution is 2.49. The monoisotopic (exact) mass is 511 g/mol. The molecule has 8 nitrogen and oxygen atoms in total. The lowest BCUT2D eigenvalue weighted by Crippen LogP contribution is -2.40. The number of aromatic hydroxyl groups is 1. The first-order valence-electron chi connectivity index (χ1n) is 11.9.